The second-order valence-electron chi connectivity index (χ2n) is 7.79. The highest BCUT2D eigenvalue weighted by atomic mass is 32.2. The van der Waals surface area contributed by atoms with Crippen molar-refractivity contribution in [1.29, 1.82) is 0 Å². The fraction of sp³-hybridized carbons (Fsp3) is 0.429. The molecule has 31 heavy (non-hydrogen) atoms. The minimum atomic E-state index is -0.283. The summed E-state index contributed by atoms with van der Waals surface area (Å²) in [4.78, 5) is 21.0. The summed E-state index contributed by atoms with van der Waals surface area (Å²) in [6, 6.07) is 0. The zero-order chi connectivity index (χ0) is 21.4. The van der Waals surface area contributed by atoms with Crippen LogP contribution >= 0.6 is 11.8 Å². The molecular formula is C21H27N7O2S. The predicted molar refractivity (Wildman–Crippen MR) is 121 cm³/mol. The summed E-state index contributed by atoms with van der Waals surface area (Å²) >= 11 is 1.72. The summed E-state index contributed by atoms with van der Waals surface area (Å²) < 4.78 is 5.43. The van der Waals surface area contributed by atoms with Gasteiger partial charge in [0.25, 0.3) is 5.91 Å². The van der Waals surface area contributed by atoms with Crippen molar-refractivity contribution in [2.45, 2.75) is 31.6 Å². The predicted octanol–water partition coefficient (Wildman–Crippen LogP) is 0.674. The molecule has 1 amide bonds. The molecule has 3 unspecified atom stereocenters. The Morgan fingerprint density at radius 1 is 1.32 bits per heavy atom. The Hall–Kier alpha value is -2.85. The second kappa shape index (κ2) is 8.35. The number of carbonyl (C=O) groups is 1. The number of rotatable bonds is 3. The van der Waals surface area contributed by atoms with Crippen LogP contribution in [0.5, 0.6) is 0 Å². The first-order valence-electron chi connectivity index (χ1n) is 10.5. The van der Waals surface area contributed by atoms with Gasteiger partial charge in [0.2, 0.25) is 0 Å². The third-order valence-electron chi connectivity index (χ3n) is 5.58. The highest BCUT2D eigenvalue weighted by Crippen LogP contribution is 2.34. The Morgan fingerprint density at radius 2 is 2.16 bits per heavy atom. The molecule has 0 saturated carbocycles. The average molecular weight is 442 g/mol. The van der Waals surface area contributed by atoms with Gasteiger partial charge in [-0.05, 0) is 38.2 Å². The van der Waals surface area contributed by atoms with E-state index in [4.69, 9.17) is 4.74 Å². The monoisotopic (exact) mass is 441 g/mol. The van der Waals surface area contributed by atoms with Crippen molar-refractivity contribution in [2.75, 3.05) is 26.3 Å². The zero-order valence-electron chi connectivity index (χ0n) is 17.6. The molecule has 164 valence electrons. The molecule has 3 atom stereocenters. The molecule has 9 nitrogen and oxygen atoms in total. The van der Waals surface area contributed by atoms with Crippen molar-refractivity contribution in [3.63, 3.8) is 0 Å². The Bertz CT molecular complexity index is 945. The lowest BCUT2D eigenvalue weighted by atomic mass is 10.2. The fourth-order valence-corrected chi connectivity index (χ4v) is 5.09. The van der Waals surface area contributed by atoms with Crippen LogP contribution in [-0.4, -0.2) is 65.5 Å². The van der Waals surface area contributed by atoms with E-state index in [1.54, 1.807) is 18.0 Å². The van der Waals surface area contributed by atoms with E-state index in [9.17, 15) is 4.79 Å². The summed E-state index contributed by atoms with van der Waals surface area (Å²) in [6.07, 6.45) is 11.4. The summed E-state index contributed by atoms with van der Waals surface area (Å²) in [5.41, 5.74) is 5.91. The third kappa shape index (κ3) is 4.05. The van der Waals surface area contributed by atoms with Crippen LogP contribution in [0.25, 0.3) is 0 Å². The first-order valence-corrected chi connectivity index (χ1v) is 11.4. The first kappa shape index (κ1) is 20.1. The number of carbonyl (C=O) groups excluding carboxylic acids is 1. The Labute approximate surface area is 186 Å². The lowest BCUT2D eigenvalue weighted by Crippen LogP contribution is -2.53. The van der Waals surface area contributed by atoms with Gasteiger partial charge in [-0.3, -0.25) is 20.2 Å². The number of ether oxygens (including phenoxy) is 1. The number of fused-ring (bicyclic) bond motifs is 1. The van der Waals surface area contributed by atoms with Crippen LogP contribution < -0.4 is 21.4 Å². The van der Waals surface area contributed by atoms with Crippen LogP contribution in [0.15, 0.2) is 63.7 Å². The summed E-state index contributed by atoms with van der Waals surface area (Å²) in [5.74, 6) is 0.839. The number of hydrogen-bond acceptors (Lipinski definition) is 9. The number of thioether (sulfide) groups is 1. The van der Waals surface area contributed by atoms with Gasteiger partial charge in [0, 0.05) is 25.0 Å². The highest BCUT2D eigenvalue weighted by molar-refractivity contribution is 8.05. The summed E-state index contributed by atoms with van der Waals surface area (Å²) in [5, 5.41) is 11.8. The number of morpholine rings is 1. The first-order chi connectivity index (χ1) is 15.1. The van der Waals surface area contributed by atoms with E-state index >= 15 is 0 Å². The molecule has 10 heteroatoms. The number of nitrogens with zero attached hydrogens (tertiary/aromatic N) is 3. The summed E-state index contributed by atoms with van der Waals surface area (Å²) in [7, 11) is 0. The number of nitrogens with one attached hydrogen (secondary N) is 4. The Balaban J connectivity index is 1.24. The van der Waals surface area contributed by atoms with Crippen molar-refractivity contribution in [3.05, 3.63) is 58.7 Å². The average Bonchev–Trinajstić information content (AvgIpc) is 3.36. The lowest BCUT2D eigenvalue weighted by molar-refractivity contribution is -0.120. The van der Waals surface area contributed by atoms with Gasteiger partial charge in [-0.25, -0.2) is 0 Å². The minimum absolute atomic E-state index is 0.107. The second-order valence-corrected chi connectivity index (χ2v) is 9.11. The van der Waals surface area contributed by atoms with Crippen LogP contribution in [0.2, 0.25) is 0 Å². The van der Waals surface area contributed by atoms with Gasteiger partial charge < -0.3 is 25.6 Å². The van der Waals surface area contributed by atoms with Crippen LogP contribution in [0.4, 0.5) is 0 Å². The molecular weight excluding hydrogens is 414 g/mol. The van der Waals surface area contributed by atoms with Crippen LogP contribution in [0, 0.1) is 0 Å². The molecule has 5 aliphatic rings. The molecule has 4 N–H and O–H groups in total. The van der Waals surface area contributed by atoms with Crippen molar-refractivity contribution in [1.82, 2.24) is 31.3 Å². The molecule has 0 radical (unpaired) electrons. The van der Waals surface area contributed by atoms with Gasteiger partial charge in [0.05, 0.1) is 29.2 Å². The maximum atomic E-state index is 13.1. The topological polar surface area (TPSA) is 93.3 Å². The number of allylic oxidation sites excluding steroid dienone is 4. The zero-order valence-corrected chi connectivity index (χ0v) is 18.4. The number of hydrazine groups is 1. The molecule has 0 aromatic rings. The molecule has 0 aliphatic carbocycles. The number of hydrogen-bond donors (Lipinski definition) is 4. The van der Waals surface area contributed by atoms with Gasteiger partial charge in [-0.15, -0.1) is 0 Å². The number of dihydropyridines is 1. The van der Waals surface area contributed by atoms with Crippen molar-refractivity contribution in [3.8, 4) is 0 Å². The maximum absolute atomic E-state index is 13.1. The van der Waals surface area contributed by atoms with E-state index < -0.39 is 0 Å². The van der Waals surface area contributed by atoms with E-state index in [0.717, 1.165) is 35.2 Å². The van der Waals surface area contributed by atoms with E-state index in [-0.39, 0.29) is 23.6 Å². The largest absolute Gasteiger partial charge is 0.378 e. The van der Waals surface area contributed by atoms with Gasteiger partial charge in [0.15, 0.2) is 0 Å². The van der Waals surface area contributed by atoms with E-state index in [1.165, 1.54) is 0 Å². The smallest absolute Gasteiger partial charge is 0.272 e. The van der Waals surface area contributed by atoms with Gasteiger partial charge in [-0.2, -0.15) is 0 Å². The fourth-order valence-electron chi connectivity index (χ4n) is 4.07. The standard InChI is InChI=1S/C21H27N7O2S/c1-13-20(31-14(2)23-13)15-6-7-18-22-12-16(28(18)26-15)21(29)25-17-4-3-5-19(24-17)27-8-10-30-11-9-27/h3-7,12,14,17-18,22,24,26H,8-11H2,1-2H3,(H,25,29). The number of aliphatic imine (C=N–C) groups is 1. The number of amides is 1. The molecule has 0 bridgehead atoms. The molecule has 5 aliphatic heterocycles. The van der Waals surface area contributed by atoms with Gasteiger partial charge in [-0.1, -0.05) is 17.8 Å². The normalized spacial score (nSPS) is 31.8. The van der Waals surface area contributed by atoms with Crippen LogP contribution in [0.3, 0.4) is 0 Å². The Kier molecular flexibility index (Phi) is 5.41. The minimum Gasteiger partial charge on any atom is -0.378 e. The molecule has 0 aromatic carbocycles. The summed E-state index contributed by atoms with van der Waals surface area (Å²) in [6.45, 7) is 7.21. The van der Waals surface area contributed by atoms with Crippen LogP contribution in [0.1, 0.15) is 13.8 Å². The van der Waals surface area contributed by atoms with Crippen LogP contribution in [-0.2, 0) is 9.53 Å². The quantitative estimate of drug-likeness (QED) is 0.508. The molecule has 0 spiro atoms. The molecule has 0 aromatic heterocycles. The molecule has 5 heterocycles. The lowest BCUT2D eigenvalue weighted by Gasteiger charge is -2.35. The van der Waals surface area contributed by atoms with E-state index in [0.29, 0.717) is 18.9 Å². The third-order valence-corrected chi connectivity index (χ3v) is 6.78. The maximum Gasteiger partial charge on any atom is 0.272 e. The van der Waals surface area contributed by atoms with Crippen molar-refractivity contribution < 1.29 is 9.53 Å². The highest BCUT2D eigenvalue weighted by Gasteiger charge is 2.34. The molecule has 1 fully saturated rings. The SMILES string of the molecule is CC1=NC(C)SC1=C1C=CC2NC=C(C(=O)NC3C=CC=C(N4CCOCC4)N3)N2N1. The molecule has 5 rings (SSSR count). The van der Waals surface area contributed by atoms with Gasteiger partial charge >= 0.3 is 0 Å². The van der Waals surface area contributed by atoms with E-state index in [2.05, 4.69) is 38.2 Å². The van der Waals surface area contributed by atoms with E-state index in [1.807, 2.05) is 42.3 Å². The van der Waals surface area contributed by atoms with Crippen molar-refractivity contribution >= 4 is 23.4 Å². The van der Waals surface area contributed by atoms with Gasteiger partial charge in [0.1, 0.15) is 23.8 Å². The van der Waals surface area contributed by atoms with Crippen molar-refractivity contribution in [2.24, 2.45) is 4.99 Å². The molecule has 1 saturated heterocycles. The Morgan fingerprint density at radius 3 is 2.94 bits per heavy atom.